The van der Waals surface area contributed by atoms with E-state index < -0.39 is 5.54 Å². The van der Waals surface area contributed by atoms with Gasteiger partial charge in [-0.3, -0.25) is 4.79 Å². The van der Waals surface area contributed by atoms with E-state index in [1.165, 1.54) is 12.1 Å². The maximum Gasteiger partial charge on any atom is 0.254 e. The highest BCUT2D eigenvalue weighted by Gasteiger charge is 2.39. The van der Waals surface area contributed by atoms with Gasteiger partial charge in [-0.2, -0.15) is 0 Å². The zero-order valence-electron chi connectivity index (χ0n) is 14.2. The molecule has 2 aromatic rings. The third-order valence-electron chi connectivity index (χ3n) is 4.71. The van der Waals surface area contributed by atoms with Crippen LogP contribution in [-0.4, -0.2) is 34.6 Å². The van der Waals surface area contributed by atoms with E-state index in [1.54, 1.807) is 29.2 Å². The summed E-state index contributed by atoms with van der Waals surface area (Å²) in [6, 6.07) is 13.2. The number of carbonyl (C=O) groups is 1. The van der Waals surface area contributed by atoms with Crippen LogP contribution >= 0.6 is 0 Å². The summed E-state index contributed by atoms with van der Waals surface area (Å²) in [6.45, 7) is 2.78. The average Bonchev–Trinajstić information content (AvgIpc) is 3.02. The molecule has 25 heavy (non-hydrogen) atoms. The standard InChI is InChI=1S/C20H22FNO3/c1-20(14-23)9-4-10-22(20)19(24)16-6-2-5-15(11-16)13-25-18-8-3-7-17(21)12-18/h2-3,5-8,11-12,23H,4,9-10,13-14H2,1H3. The maximum atomic E-state index is 13.2. The predicted octanol–water partition coefficient (Wildman–Crippen LogP) is 3.39. The van der Waals surface area contributed by atoms with Crippen molar-refractivity contribution >= 4 is 5.91 Å². The predicted molar refractivity (Wildman–Crippen MR) is 92.9 cm³/mol. The van der Waals surface area contributed by atoms with Gasteiger partial charge < -0.3 is 14.7 Å². The highest BCUT2D eigenvalue weighted by Crippen LogP contribution is 2.30. The third-order valence-corrected chi connectivity index (χ3v) is 4.71. The molecule has 4 nitrogen and oxygen atoms in total. The first-order valence-electron chi connectivity index (χ1n) is 8.42. The van der Waals surface area contributed by atoms with Crippen LogP contribution in [0.15, 0.2) is 48.5 Å². The molecule has 0 radical (unpaired) electrons. The van der Waals surface area contributed by atoms with Crippen molar-refractivity contribution in [1.29, 1.82) is 0 Å². The van der Waals surface area contributed by atoms with Gasteiger partial charge >= 0.3 is 0 Å². The quantitative estimate of drug-likeness (QED) is 0.905. The van der Waals surface area contributed by atoms with E-state index in [1.807, 2.05) is 19.1 Å². The molecule has 1 aliphatic heterocycles. The first kappa shape index (κ1) is 17.4. The van der Waals surface area contributed by atoms with Crippen molar-refractivity contribution in [2.24, 2.45) is 0 Å². The highest BCUT2D eigenvalue weighted by molar-refractivity contribution is 5.95. The fourth-order valence-electron chi connectivity index (χ4n) is 3.21. The molecule has 0 saturated carbocycles. The Kier molecular flexibility index (Phi) is 5.04. The van der Waals surface area contributed by atoms with Crippen LogP contribution in [0.5, 0.6) is 5.75 Å². The van der Waals surface area contributed by atoms with Crippen LogP contribution in [0, 0.1) is 5.82 Å². The van der Waals surface area contributed by atoms with E-state index in [2.05, 4.69) is 0 Å². The Bertz CT molecular complexity index is 764. The van der Waals surface area contributed by atoms with Crippen molar-refractivity contribution in [3.63, 3.8) is 0 Å². The minimum absolute atomic E-state index is 0.0406. The first-order valence-corrected chi connectivity index (χ1v) is 8.42. The molecule has 1 amide bonds. The molecule has 5 heteroatoms. The molecule has 0 aliphatic carbocycles. The number of nitrogens with zero attached hydrogens (tertiary/aromatic N) is 1. The van der Waals surface area contributed by atoms with Crippen LogP contribution < -0.4 is 4.74 Å². The smallest absolute Gasteiger partial charge is 0.254 e. The number of likely N-dealkylation sites (tertiary alicyclic amines) is 1. The Morgan fingerprint density at radius 3 is 2.84 bits per heavy atom. The van der Waals surface area contributed by atoms with E-state index in [-0.39, 0.29) is 24.9 Å². The third kappa shape index (κ3) is 3.82. The number of ether oxygens (including phenoxy) is 1. The van der Waals surface area contributed by atoms with Gasteiger partial charge in [0.2, 0.25) is 0 Å². The van der Waals surface area contributed by atoms with Crippen LogP contribution in [0.1, 0.15) is 35.7 Å². The monoisotopic (exact) mass is 343 g/mol. The van der Waals surface area contributed by atoms with Crippen LogP contribution in [0.3, 0.4) is 0 Å². The van der Waals surface area contributed by atoms with Gasteiger partial charge in [-0.25, -0.2) is 4.39 Å². The lowest BCUT2D eigenvalue weighted by atomic mass is 9.99. The van der Waals surface area contributed by atoms with Gasteiger partial charge in [0.15, 0.2) is 0 Å². The lowest BCUT2D eigenvalue weighted by Crippen LogP contribution is -2.47. The lowest BCUT2D eigenvalue weighted by Gasteiger charge is -2.33. The second kappa shape index (κ2) is 7.23. The topological polar surface area (TPSA) is 49.8 Å². The normalized spacial score (nSPS) is 19.9. The molecule has 1 unspecified atom stereocenters. The zero-order chi connectivity index (χ0) is 17.9. The number of rotatable bonds is 5. The van der Waals surface area contributed by atoms with Crippen LogP contribution in [0.25, 0.3) is 0 Å². The fourth-order valence-corrected chi connectivity index (χ4v) is 3.21. The van der Waals surface area contributed by atoms with Crippen LogP contribution in [-0.2, 0) is 6.61 Å². The summed E-state index contributed by atoms with van der Waals surface area (Å²) in [6.07, 6.45) is 1.70. The van der Waals surface area contributed by atoms with Crippen molar-refractivity contribution < 1.29 is 19.0 Å². The molecule has 1 heterocycles. The maximum absolute atomic E-state index is 13.2. The van der Waals surface area contributed by atoms with Crippen molar-refractivity contribution in [1.82, 2.24) is 4.90 Å². The zero-order valence-corrected chi connectivity index (χ0v) is 14.2. The molecule has 0 bridgehead atoms. The highest BCUT2D eigenvalue weighted by atomic mass is 19.1. The van der Waals surface area contributed by atoms with Gasteiger partial charge in [-0.15, -0.1) is 0 Å². The molecule has 1 aliphatic rings. The summed E-state index contributed by atoms with van der Waals surface area (Å²) in [5.74, 6) is 0.0181. The number of aliphatic hydroxyl groups is 1. The molecule has 132 valence electrons. The van der Waals surface area contributed by atoms with Gasteiger partial charge in [0.25, 0.3) is 5.91 Å². The summed E-state index contributed by atoms with van der Waals surface area (Å²) in [4.78, 5) is 14.6. The molecule has 1 saturated heterocycles. The van der Waals surface area contributed by atoms with E-state index in [0.29, 0.717) is 17.9 Å². The SMILES string of the molecule is CC1(CO)CCCN1C(=O)c1cccc(COc2cccc(F)c2)c1. The number of hydrogen-bond donors (Lipinski definition) is 1. The molecular weight excluding hydrogens is 321 g/mol. The number of amides is 1. The largest absolute Gasteiger partial charge is 0.489 e. The number of halogens is 1. The van der Waals surface area contributed by atoms with E-state index >= 15 is 0 Å². The molecular formula is C20H22FNO3. The van der Waals surface area contributed by atoms with Crippen LogP contribution in [0.2, 0.25) is 0 Å². The Hall–Kier alpha value is -2.40. The molecule has 1 atom stereocenters. The summed E-state index contributed by atoms with van der Waals surface area (Å²) in [7, 11) is 0. The van der Waals surface area contributed by atoms with Crippen LogP contribution in [0.4, 0.5) is 4.39 Å². The summed E-state index contributed by atoms with van der Waals surface area (Å²) in [5.41, 5.74) is 0.910. The van der Waals surface area contributed by atoms with E-state index in [9.17, 15) is 14.3 Å². The van der Waals surface area contributed by atoms with E-state index in [4.69, 9.17) is 4.74 Å². The van der Waals surface area contributed by atoms with Crippen molar-refractivity contribution in [3.8, 4) is 5.75 Å². The molecule has 1 fully saturated rings. The van der Waals surface area contributed by atoms with Crippen molar-refractivity contribution in [2.45, 2.75) is 31.9 Å². The molecule has 1 N–H and O–H groups in total. The lowest BCUT2D eigenvalue weighted by molar-refractivity contribution is 0.0473. The minimum atomic E-state index is -0.495. The van der Waals surface area contributed by atoms with Crippen molar-refractivity contribution in [3.05, 3.63) is 65.5 Å². The Morgan fingerprint density at radius 2 is 2.08 bits per heavy atom. The first-order chi connectivity index (χ1) is 12.0. The van der Waals surface area contributed by atoms with Gasteiger partial charge in [0.05, 0.1) is 12.1 Å². The molecule has 2 aromatic carbocycles. The van der Waals surface area contributed by atoms with Gasteiger partial charge in [-0.05, 0) is 49.6 Å². The molecule has 0 spiro atoms. The number of hydrogen-bond acceptors (Lipinski definition) is 3. The summed E-state index contributed by atoms with van der Waals surface area (Å²) < 4.78 is 18.8. The number of benzene rings is 2. The molecule has 3 rings (SSSR count). The van der Waals surface area contributed by atoms with Gasteiger partial charge in [0.1, 0.15) is 18.2 Å². The van der Waals surface area contributed by atoms with Crippen molar-refractivity contribution in [2.75, 3.05) is 13.2 Å². The number of aliphatic hydroxyl groups excluding tert-OH is 1. The molecule has 0 aromatic heterocycles. The summed E-state index contributed by atoms with van der Waals surface area (Å²) in [5, 5.41) is 9.63. The fraction of sp³-hybridized carbons (Fsp3) is 0.350. The second-order valence-corrected chi connectivity index (χ2v) is 6.66. The average molecular weight is 343 g/mol. The Balaban J connectivity index is 1.72. The minimum Gasteiger partial charge on any atom is -0.489 e. The summed E-state index contributed by atoms with van der Waals surface area (Å²) >= 11 is 0. The number of carbonyl (C=O) groups excluding carboxylic acids is 1. The Labute approximate surface area is 146 Å². The van der Waals surface area contributed by atoms with Gasteiger partial charge in [0, 0.05) is 18.2 Å². The van der Waals surface area contributed by atoms with Gasteiger partial charge in [-0.1, -0.05) is 18.2 Å². The van der Waals surface area contributed by atoms with E-state index in [0.717, 1.165) is 18.4 Å². The Morgan fingerprint density at radius 1 is 1.28 bits per heavy atom. The second-order valence-electron chi connectivity index (χ2n) is 6.66.